The molecule has 2 aromatic carbocycles. The van der Waals surface area contributed by atoms with Gasteiger partial charge in [0.25, 0.3) is 0 Å². The fourth-order valence-electron chi connectivity index (χ4n) is 3.85. The molecule has 2 amide bonds. The molecule has 2 aliphatic heterocycles. The van der Waals surface area contributed by atoms with Crippen molar-refractivity contribution in [2.24, 2.45) is 0 Å². The summed E-state index contributed by atoms with van der Waals surface area (Å²) in [5.41, 5.74) is 1.98. The van der Waals surface area contributed by atoms with Crippen molar-refractivity contribution in [2.75, 3.05) is 49.1 Å². The van der Waals surface area contributed by atoms with Gasteiger partial charge in [-0.15, -0.1) is 0 Å². The van der Waals surface area contributed by atoms with Crippen LogP contribution in [0, 0.1) is 5.82 Å². The third-order valence-corrected chi connectivity index (χ3v) is 5.52. The van der Waals surface area contributed by atoms with E-state index in [4.69, 9.17) is 9.47 Å². The van der Waals surface area contributed by atoms with Crippen LogP contribution in [-0.2, 0) is 20.9 Å². The van der Waals surface area contributed by atoms with Crippen LogP contribution in [0.15, 0.2) is 48.5 Å². The van der Waals surface area contributed by atoms with E-state index in [9.17, 15) is 14.0 Å². The highest BCUT2D eigenvalue weighted by atomic mass is 19.1. The summed E-state index contributed by atoms with van der Waals surface area (Å²) in [5.74, 6) is -0.455. The van der Waals surface area contributed by atoms with E-state index in [0.717, 1.165) is 5.56 Å². The Morgan fingerprint density at radius 3 is 2.52 bits per heavy atom. The van der Waals surface area contributed by atoms with E-state index in [2.05, 4.69) is 0 Å². The Morgan fingerprint density at radius 2 is 1.87 bits per heavy atom. The van der Waals surface area contributed by atoms with Crippen molar-refractivity contribution in [2.45, 2.75) is 19.6 Å². The summed E-state index contributed by atoms with van der Waals surface area (Å²) in [6.45, 7) is 4.71. The highest BCUT2D eigenvalue weighted by Gasteiger charge is 2.30. The minimum atomic E-state index is -0.457. The summed E-state index contributed by atoms with van der Waals surface area (Å²) in [4.78, 5) is 29.4. The Balaban J connectivity index is 1.28. The van der Waals surface area contributed by atoms with Gasteiger partial charge in [-0.2, -0.15) is 0 Å². The number of amides is 2. The zero-order valence-electron chi connectivity index (χ0n) is 17.5. The van der Waals surface area contributed by atoms with Gasteiger partial charge in [-0.3, -0.25) is 9.69 Å². The average Bonchev–Trinajstić information content (AvgIpc) is 3.12. The maximum atomic E-state index is 14.8. The van der Waals surface area contributed by atoms with E-state index in [-0.39, 0.29) is 18.6 Å². The summed E-state index contributed by atoms with van der Waals surface area (Å²) < 4.78 is 25.4. The summed E-state index contributed by atoms with van der Waals surface area (Å²) in [5, 5.41) is 0. The number of ether oxygens (including phenoxy) is 2. The molecule has 0 saturated carbocycles. The Kier molecular flexibility index (Phi) is 6.36. The zero-order valence-corrected chi connectivity index (χ0v) is 17.5. The number of nitrogens with zero attached hydrogens (tertiary/aromatic N) is 3. The lowest BCUT2D eigenvalue weighted by Gasteiger charge is -2.36. The molecule has 4 rings (SSSR count). The summed E-state index contributed by atoms with van der Waals surface area (Å²) >= 11 is 0. The molecule has 164 valence electrons. The monoisotopic (exact) mass is 427 g/mol. The molecule has 2 aliphatic rings. The first-order valence-corrected chi connectivity index (χ1v) is 10.4. The lowest BCUT2D eigenvalue weighted by atomic mass is 10.2. The predicted octanol–water partition coefficient (Wildman–Crippen LogP) is 3.04. The van der Waals surface area contributed by atoms with Gasteiger partial charge < -0.3 is 19.3 Å². The zero-order chi connectivity index (χ0) is 21.8. The highest BCUT2D eigenvalue weighted by molar-refractivity contribution is 5.90. The maximum absolute atomic E-state index is 14.8. The van der Waals surface area contributed by atoms with Crippen LogP contribution in [0.3, 0.4) is 0 Å². The van der Waals surface area contributed by atoms with E-state index >= 15 is 0 Å². The van der Waals surface area contributed by atoms with Gasteiger partial charge in [0.2, 0.25) is 5.91 Å². The molecule has 2 fully saturated rings. The number of halogens is 1. The second-order valence-corrected chi connectivity index (χ2v) is 7.79. The number of hydrogen-bond donors (Lipinski definition) is 0. The van der Waals surface area contributed by atoms with Crippen molar-refractivity contribution in [3.63, 3.8) is 0 Å². The van der Waals surface area contributed by atoms with Gasteiger partial charge in [-0.1, -0.05) is 30.3 Å². The summed E-state index contributed by atoms with van der Waals surface area (Å²) in [7, 11) is 0. The van der Waals surface area contributed by atoms with Crippen LogP contribution in [0.4, 0.5) is 20.6 Å². The first kappa shape index (κ1) is 21.1. The van der Waals surface area contributed by atoms with Crippen molar-refractivity contribution in [1.82, 2.24) is 4.90 Å². The lowest BCUT2D eigenvalue weighted by Crippen LogP contribution is -2.50. The molecule has 0 spiro atoms. The van der Waals surface area contributed by atoms with Gasteiger partial charge in [0.05, 0.1) is 24.5 Å². The molecule has 0 N–H and O–H groups in total. The number of piperazine rings is 1. The summed E-state index contributed by atoms with van der Waals surface area (Å²) in [6, 6.07) is 14.5. The minimum absolute atomic E-state index is 0.0301. The van der Waals surface area contributed by atoms with Gasteiger partial charge >= 0.3 is 6.09 Å². The molecule has 0 radical (unpaired) electrons. The van der Waals surface area contributed by atoms with Crippen LogP contribution < -0.4 is 9.80 Å². The SMILES string of the molecule is C[C@H]1CN(c2ccc(N3CCN(C(=O)COCc4ccccc4)CC3)c(F)c2)C(=O)O1. The normalized spacial score (nSPS) is 19.0. The molecule has 1 atom stereocenters. The van der Waals surface area contributed by atoms with Gasteiger partial charge in [-0.05, 0) is 30.7 Å². The molecule has 31 heavy (non-hydrogen) atoms. The number of anilines is 2. The number of benzene rings is 2. The average molecular weight is 427 g/mol. The van der Waals surface area contributed by atoms with E-state index in [1.807, 2.05) is 35.2 Å². The van der Waals surface area contributed by atoms with E-state index in [0.29, 0.717) is 50.7 Å². The largest absolute Gasteiger partial charge is 0.444 e. The second-order valence-electron chi connectivity index (χ2n) is 7.79. The number of rotatable bonds is 6. The highest BCUT2D eigenvalue weighted by Crippen LogP contribution is 2.28. The standard InChI is InChI=1S/C23H26FN3O4/c1-17-14-27(23(29)31-17)19-7-8-21(20(24)13-19)25-9-11-26(12-10-25)22(28)16-30-15-18-5-3-2-4-6-18/h2-8,13,17H,9-12,14-16H2,1H3/t17-/m0/s1. The predicted molar refractivity (Wildman–Crippen MR) is 115 cm³/mol. The molecule has 7 nitrogen and oxygen atoms in total. The van der Waals surface area contributed by atoms with Crippen molar-refractivity contribution >= 4 is 23.4 Å². The molecular weight excluding hydrogens is 401 g/mol. The van der Waals surface area contributed by atoms with Crippen LogP contribution in [0.25, 0.3) is 0 Å². The number of carbonyl (C=O) groups excluding carboxylic acids is 2. The van der Waals surface area contributed by atoms with Crippen LogP contribution in [0.2, 0.25) is 0 Å². The molecular formula is C23H26FN3O4. The fraction of sp³-hybridized carbons (Fsp3) is 0.391. The van der Waals surface area contributed by atoms with Crippen LogP contribution in [0.1, 0.15) is 12.5 Å². The van der Waals surface area contributed by atoms with Crippen molar-refractivity contribution in [3.8, 4) is 0 Å². The molecule has 0 aliphatic carbocycles. The first-order chi connectivity index (χ1) is 15.0. The quantitative estimate of drug-likeness (QED) is 0.709. The molecule has 0 aromatic heterocycles. The second kappa shape index (κ2) is 9.34. The van der Waals surface area contributed by atoms with Gasteiger partial charge in [-0.25, -0.2) is 9.18 Å². The van der Waals surface area contributed by atoms with Crippen LogP contribution >= 0.6 is 0 Å². The van der Waals surface area contributed by atoms with Crippen molar-refractivity contribution in [1.29, 1.82) is 0 Å². The third-order valence-electron chi connectivity index (χ3n) is 5.52. The molecule has 2 heterocycles. The topological polar surface area (TPSA) is 62.3 Å². The van der Waals surface area contributed by atoms with Gasteiger partial charge in [0.1, 0.15) is 18.5 Å². The number of hydrogen-bond acceptors (Lipinski definition) is 5. The van der Waals surface area contributed by atoms with Crippen LogP contribution in [0.5, 0.6) is 0 Å². The Labute approximate surface area is 180 Å². The third kappa shape index (κ3) is 4.96. The molecule has 0 unspecified atom stereocenters. The molecule has 2 saturated heterocycles. The van der Waals surface area contributed by atoms with E-state index in [1.165, 1.54) is 11.0 Å². The fourth-order valence-corrected chi connectivity index (χ4v) is 3.85. The molecule has 0 bridgehead atoms. The van der Waals surface area contributed by atoms with Crippen molar-refractivity contribution in [3.05, 3.63) is 59.9 Å². The number of cyclic esters (lactones) is 1. The maximum Gasteiger partial charge on any atom is 0.414 e. The van der Waals surface area contributed by atoms with Gasteiger partial charge in [0.15, 0.2) is 0 Å². The Bertz CT molecular complexity index is 932. The van der Waals surface area contributed by atoms with Crippen LogP contribution in [-0.4, -0.2) is 62.3 Å². The summed E-state index contributed by atoms with van der Waals surface area (Å²) in [6.07, 6.45) is -0.668. The Hall–Kier alpha value is -3.13. The Morgan fingerprint density at radius 1 is 1.13 bits per heavy atom. The molecule has 2 aromatic rings. The first-order valence-electron chi connectivity index (χ1n) is 10.4. The lowest BCUT2D eigenvalue weighted by molar-refractivity contribution is -0.136. The molecule has 8 heteroatoms. The number of carbonyl (C=O) groups is 2. The van der Waals surface area contributed by atoms with Gasteiger partial charge in [0, 0.05) is 26.2 Å². The van der Waals surface area contributed by atoms with Crippen molar-refractivity contribution < 1.29 is 23.5 Å². The van der Waals surface area contributed by atoms with E-state index < -0.39 is 11.9 Å². The minimum Gasteiger partial charge on any atom is -0.444 e. The smallest absolute Gasteiger partial charge is 0.414 e. The van der Waals surface area contributed by atoms with E-state index in [1.54, 1.807) is 24.0 Å².